The number of ether oxygens (including phenoxy) is 1. The molecular formula is C14H15N3O3. The van der Waals surface area contributed by atoms with Gasteiger partial charge in [-0.05, 0) is 18.6 Å². The lowest BCUT2D eigenvalue weighted by atomic mass is 10.1. The third kappa shape index (κ3) is 2.74. The molecule has 1 aromatic carbocycles. The first-order valence-electron chi connectivity index (χ1n) is 6.43. The van der Waals surface area contributed by atoms with Crippen molar-refractivity contribution in [2.24, 2.45) is 0 Å². The number of anilines is 1. The molecule has 20 heavy (non-hydrogen) atoms. The van der Waals surface area contributed by atoms with Gasteiger partial charge in [0.15, 0.2) is 5.82 Å². The molecule has 1 aromatic heterocycles. The van der Waals surface area contributed by atoms with Gasteiger partial charge in [0.1, 0.15) is 17.6 Å². The van der Waals surface area contributed by atoms with Gasteiger partial charge in [-0.15, -0.1) is 0 Å². The third-order valence-corrected chi connectivity index (χ3v) is 3.07. The fourth-order valence-electron chi connectivity index (χ4n) is 2.16. The smallest absolute Gasteiger partial charge is 0.320 e. The first-order valence-corrected chi connectivity index (χ1v) is 6.43. The molecular weight excluding hydrogens is 258 g/mol. The van der Waals surface area contributed by atoms with E-state index < -0.39 is 0 Å². The van der Waals surface area contributed by atoms with Gasteiger partial charge in [-0.25, -0.2) is 4.79 Å². The summed E-state index contributed by atoms with van der Waals surface area (Å²) in [5.74, 6) is 1.94. The van der Waals surface area contributed by atoms with E-state index in [4.69, 9.17) is 9.26 Å². The van der Waals surface area contributed by atoms with Crippen LogP contribution in [0.5, 0.6) is 5.75 Å². The summed E-state index contributed by atoms with van der Waals surface area (Å²) >= 11 is 0. The summed E-state index contributed by atoms with van der Waals surface area (Å²) in [6.07, 6.45) is 0.775. The summed E-state index contributed by atoms with van der Waals surface area (Å²) < 4.78 is 10.6. The second-order valence-corrected chi connectivity index (χ2v) is 4.71. The highest BCUT2D eigenvalue weighted by atomic mass is 16.5. The minimum Gasteiger partial charge on any atom is -0.488 e. The number of nitrogens with one attached hydrogen (secondary N) is 2. The molecule has 0 bridgehead atoms. The van der Waals surface area contributed by atoms with Crippen LogP contribution in [0.2, 0.25) is 0 Å². The fraction of sp³-hybridized carbons (Fsp3) is 0.286. The maximum absolute atomic E-state index is 11.7. The lowest BCUT2D eigenvalue weighted by Crippen LogP contribution is -2.37. The molecule has 0 saturated heterocycles. The molecule has 2 aromatic rings. The molecule has 0 aliphatic carbocycles. The summed E-state index contributed by atoms with van der Waals surface area (Å²) in [6, 6.07) is 9.23. The molecule has 2 N–H and O–H groups in total. The monoisotopic (exact) mass is 273 g/mol. The second-order valence-electron chi connectivity index (χ2n) is 4.71. The van der Waals surface area contributed by atoms with Crippen LogP contribution in [0.1, 0.15) is 11.3 Å². The third-order valence-electron chi connectivity index (χ3n) is 3.07. The Morgan fingerprint density at radius 3 is 3.05 bits per heavy atom. The zero-order valence-electron chi connectivity index (χ0n) is 11.1. The Balaban J connectivity index is 1.48. The van der Waals surface area contributed by atoms with Crippen LogP contribution in [-0.2, 0) is 6.42 Å². The van der Waals surface area contributed by atoms with E-state index in [1.54, 1.807) is 13.0 Å². The Morgan fingerprint density at radius 2 is 2.30 bits per heavy atom. The van der Waals surface area contributed by atoms with Gasteiger partial charge in [-0.3, -0.25) is 5.32 Å². The molecule has 104 valence electrons. The predicted molar refractivity (Wildman–Crippen MR) is 72.8 cm³/mol. The summed E-state index contributed by atoms with van der Waals surface area (Å²) in [6.45, 7) is 2.21. The van der Waals surface area contributed by atoms with Crippen molar-refractivity contribution in [3.05, 3.63) is 41.7 Å². The molecule has 1 unspecified atom stereocenters. The van der Waals surface area contributed by atoms with Gasteiger partial charge >= 0.3 is 6.03 Å². The second kappa shape index (κ2) is 5.24. The summed E-state index contributed by atoms with van der Waals surface area (Å²) in [5, 5.41) is 9.05. The van der Waals surface area contributed by atoms with Crippen LogP contribution >= 0.6 is 0 Å². The quantitative estimate of drug-likeness (QED) is 0.898. The maximum atomic E-state index is 11.7. The molecule has 1 aliphatic rings. The van der Waals surface area contributed by atoms with Crippen LogP contribution in [0.3, 0.4) is 0 Å². The summed E-state index contributed by atoms with van der Waals surface area (Å²) in [5.41, 5.74) is 1.17. The number of amides is 2. The summed E-state index contributed by atoms with van der Waals surface area (Å²) in [4.78, 5) is 11.7. The van der Waals surface area contributed by atoms with Gasteiger partial charge in [-0.2, -0.15) is 0 Å². The van der Waals surface area contributed by atoms with Crippen molar-refractivity contribution in [3.8, 4) is 5.75 Å². The Morgan fingerprint density at radius 1 is 1.45 bits per heavy atom. The van der Waals surface area contributed by atoms with Crippen LogP contribution in [0.25, 0.3) is 0 Å². The number of carbonyl (C=O) groups excluding carboxylic acids is 1. The van der Waals surface area contributed by atoms with E-state index in [0.29, 0.717) is 18.1 Å². The highest BCUT2D eigenvalue weighted by molar-refractivity contribution is 5.88. The first-order chi connectivity index (χ1) is 9.70. The zero-order chi connectivity index (χ0) is 13.9. The number of hydrogen-bond donors (Lipinski definition) is 2. The number of fused-ring (bicyclic) bond motifs is 1. The van der Waals surface area contributed by atoms with Crippen LogP contribution in [0, 0.1) is 6.92 Å². The lowest BCUT2D eigenvalue weighted by molar-refractivity contribution is 0.219. The number of carbonyl (C=O) groups is 1. The van der Waals surface area contributed by atoms with Crippen LogP contribution in [-0.4, -0.2) is 23.8 Å². The van der Waals surface area contributed by atoms with Crippen LogP contribution < -0.4 is 15.4 Å². The molecule has 6 heteroatoms. The lowest BCUT2D eigenvalue weighted by Gasteiger charge is -2.11. The number of aromatic nitrogens is 1. The van der Waals surface area contributed by atoms with E-state index in [1.165, 1.54) is 5.56 Å². The van der Waals surface area contributed by atoms with Gasteiger partial charge < -0.3 is 14.6 Å². The van der Waals surface area contributed by atoms with Gasteiger partial charge in [0, 0.05) is 12.5 Å². The van der Waals surface area contributed by atoms with Gasteiger partial charge in [0.05, 0.1) is 6.54 Å². The zero-order valence-corrected chi connectivity index (χ0v) is 11.1. The Hall–Kier alpha value is -2.50. The molecule has 1 aliphatic heterocycles. The van der Waals surface area contributed by atoms with Crippen molar-refractivity contribution in [2.75, 3.05) is 11.9 Å². The first kappa shape index (κ1) is 12.5. The van der Waals surface area contributed by atoms with E-state index in [2.05, 4.69) is 15.8 Å². The molecule has 3 rings (SSSR count). The number of rotatable bonds is 3. The van der Waals surface area contributed by atoms with Crippen molar-refractivity contribution < 1.29 is 14.1 Å². The Labute approximate surface area is 116 Å². The van der Waals surface area contributed by atoms with Gasteiger partial charge in [0.2, 0.25) is 0 Å². The highest BCUT2D eigenvalue weighted by Gasteiger charge is 2.22. The molecule has 1 atom stereocenters. The van der Waals surface area contributed by atoms with E-state index in [9.17, 15) is 4.79 Å². The minimum atomic E-state index is -0.321. The van der Waals surface area contributed by atoms with Crippen molar-refractivity contribution in [2.45, 2.75) is 19.4 Å². The number of aryl methyl sites for hydroxylation is 1. The standard InChI is InChI=1S/C14H15N3O3/c1-9-6-13(17-20-9)16-14(18)15-8-11-7-10-4-2-3-5-12(10)19-11/h2-6,11H,7-8H2,1H3,(H2,15,16,17,18). The van der Waals surface area contributed by atoms with E-state index in [1.807, 2.05) is 24.3 Å². The largest absolute Gasteiger partial charge is 0.488 e. The normalized spacial score (nSPS) is 16.4. The Bertz CT molecular complexity index is 599. The van der Waals surface area contributed by atoms with Crippen LogP contribution in [0.15, 0.2) is 34.9 Å². The SMILES string of the molecule is Cc1cc(NC(=O)NCC2Cc3ccccc3O2)no1. The van der Waals surface area contributed by atoms with E-state index >= 15 is 0 Å². The molecule has 6 nitrogen and oxygen atoms in total. The number of benzene rings is 1. The van der Waals surface area contributed by atoms with Gasteiger partial charge in [-0.1, -0.05) is 23.4 Å². The average Bonchev–Trinajstić information content (AvgIpc) is 3.02. The van der Waals surface area contributed by atoms with Crippen molar-refractivity contribution >= 4 is 11.8 Å². The highest BCUT2D eigenvalue weighted by Crippen LogP contribution is 2.27. The molecule has 0 saturated carbocycles. The summed E-state index contributed by atoms with van der Waals surface area (Å²) in [7, 11) is 0. The number of nitrogens with zero attached hydrogens (tertiary/aromatic N) is 1. The number of hydrogen-bond acceptors (Lipinski definition) is 4. The minimum absolute atomic E-state index is 0.0304. The van der Waals surface area contributed by atoms with Crippen molar-refractivity contribution in [1.29, 1.82) is 0 Å². The number of urea groups is 1. The van der Waals surface area contributed by atoms with Crippen molar-refractivity contribution in [1.82, 2.24) is 10.5 Å². The predicted octanol–water partition coefficient (Wildman–Crippen LogP) is 2.11. The fourth-order valence-corrected chi connectivity index (χ4v) is 2.16. The molecule has 0 fully saturated rings. The van der Waals surface area contributed by atoms with Crippen LogP contribution in [0.4, 0.5) is 10.6 Å². The topological polar surface area (TPSA) is 76.4 Å². The van der Waals surface area contributed by atoms with E-state index in [0.717, 1.165) is 12.2 Å². The van der Waals surface area contributed by atoms with E-state index in [-0.39, 0.29) is 12.1 Å². The maximum Gasteiger partial charge on any atom is 0.320 e. The van der Waals surface area contributed by atoms with Gasteiger partial charge in [0.25, 0.3) is 0 Å². The number of para-hydroxylation sites is 1. The Kier molecular flexibility index (Phi) is 3.28. The average molecular weight is 273 g/mol. The molecule has 0 spiro atoms. The molecule has 2 heterocycles. The molecule has 0 radical (unpaired) electrons. The van der Waals surface area contributed by atoms with Crippen molar-refractivity contribution in [3.63, 3.8) is 0 Å². The molecule has 2 amide bonds.